The molecular weight excluding hydrogens is 212 g/mol. The second-order valence-electron chi connectivity index (χ2n) is 4.06. The number of carboxylic acid groups (broad SMARTS) is 1. The summed E-state index contributed by atoms with van der Waals surface area (Å²) in [6, 6.07) is -1.15. The summed E-state index contributed by atoms with van der Waals surface area (Å²) in [5, 5.41) is 11.3. The molecule has 1 fully saturated rings. The third kappa shape index (κ3) is 3.18. The van der Waals surface area contributed by atoms with Gasteiger partial charge in [0.15, 0.2) is 6.04 Å². The third-order valence-corrected chi connectivity index (χ3v) is 2.85. The Bertz CT molecular complexity index is 270. The van der Waals surface area contributed by atoms with Gasteiger partial charge in [-0.15, -0.1) is 0 Å². The number of amides is 1. The minimum atomic E-state index is -1.10. The average molecular weight is 230 g/mol. The van der Waals surface area contributed by atoms with Gasteiger partial charge in [-0.25, -0.2) is 4.79 Å². The molecule has 0 bridgehead atoms. The number of carbonyl (C=O) groups is 2. The van der Waals surface area contributed by atoms with Crippen molar-refractivity contribution >= 4 is 11.9 Å². The lowest BCUT2D eigenvalue weighted by Gasteiger charge is -2.19. The molecule has 3 atom stereocenters. The quantitative estimate of drug-likeness (QED) is 0.581. The monoisotopic (exact) mass is 230 g/mol. The molecular formula is C10H18N2O4. The van der Waals surface area contributed by atoms with Gasteiger partial charge in [-0.05, 0) is 12.8 Å². The van der Waals surface area contributed by atoms with Crippen molar-refractivity contribution in [3.05, 3.63) is 0 Å². The highest BCUT2D eigenvalue weighted by Crippen LogP contribution is 2.24. The zero-order chi connectivity index (χ0) is 12.1. The highest BCUT2D eigenvalue weighted by molar-refractivity contribution is 5.85. The van der Waals surface area contributed by atoms with E-state index in [2.05, 4.69) is 5.32 Å². The van der Waals surface area contributed by atoms with Gasteiger partial charge >= 0.3 is 5.97 Å². The van der Waals surface area contributed by atoms with E-state index in [1.807, 2.05) is 0 Å². The Kier molecular flexibility index (Phi) is 4.70. The molecule has 1 saturated carbocycles. The molecule has 0 radical (unpaired) electrons. The van der Waals surface area contributed by atoms with Gasteiger partial charge in [-0.1, -0.05) is 6.42 Å². The molecule has 0 heterocycles. The van der Waals surface area contributed by atoms with Crippen molar-refractivity contribution in [1.82, 2.24) is 5.32 Å². The molecule has 1 aliphatic rings. The van der Waals surface area contributed by atoms with Crippen LogP contribution < -0.4 is 11.1 Å². The van der Waals surface area contributed by atoms with Crippen LogP contribution in [0.2, 0.25) is 0 Å². The molecule has 16 heavy (non-hydrogen) atoms. The summed E-state index contributed by atoms with van der Waals surface area (Å²) in [4.78, 5) is 22.5. The Labute approximate surface area is 94.1 Å². The van der Waals surface area contributed by atoms with Crippen LogP contribution in [0.3, 0.4) is 0 Å². The van der Waals surface area contributed by atoms with Gasteiger partial charge in [0.25, 0.3) is 0 Å². The highest BCUT2D eigenvalue weighted by Gasteiger charge is 2.32. The van der Waals surface area contributed by atoms with E-state index < -0.39 is 12.0 Å². The minimum absolute atomic E-state index is 0.0387. The summed E-state index contributed by atoms with van der Waals surface area (Å²) in [6.45, 7) is -0.0387. The summed E-state index contributed by atoms with van der Waals surface area (Å²) in [5.41, 5.74) is 5.77. The fraction of sp³-hybridized carbons (Fsp3) is 0.800. The maximum absolute atomic E-state index is 11.7. The Hall–Kier alpha value is -1.14. The number of aliphatic carboxylic acids is 1. The molecule has 1 aliphatic carbocycles. The second-order valence-corrected chi connectivity index (χ2v) is 4.06. The van der Waals surface area contributed by atoms with Crippen molar-refractivity contribution in [1.29, 1.82) is 0 Å². The van der Waals surface area contributed by atoms with E-state index >= 15 is 0 Å². The molecule has 0 aliphatic heterocycles. The van der Waals surface area contributed by atoms with Gasteiger partial charge in [0, 0.05) is 13.2 Å². The first-order valence-corrected chi connectivity index (χ1v) is 5.34. The van der Waals surface area contributed by atoms with E-state index in [1.165, 1.54) is 7.11 Å². The number of methoxy groups -OCH3 is 1. The molecule has 6 nitrogen and oxygen atoms in total. The van der Waals surface area contributed by atoms with Gasteiger partial charge in [-0.2, -0.15) is 0 Å². The largest absolute Gasteiger partial charge is 0.480 e. The van der Waals surface area contributed by atoms with Gasteiger partial charge in [0.05, 0.1) is 12.5 Å². The first kappa shape index (κ1) is 12.9. The van der Waals surface area contributed by atoms with Gasteiger partial charge in [0.2, 0.25) is 5.91 Å². The fourth-order valence-electron chi connectivity index (χ4n) is 1.93. The SMILES string of the molecule is COCC(NC(=O)C1CCCC1N)C(=O)O. The maximum atomic E-state index is 11.7. The predicted molar refractivity (Wildman–Crippen MR) is 56.8 cm³/mol. The molecule has 3 unspecified atom stereocenters. The van der Waals surface area contributed by atoms with Crippen molar-refractivity contribution in [2.45, 2.75) is 31.3 Å². The van der Waals surface area contributed by atoms with Crippen molar-refractivity contribution in [2.24, 2.45) is 11.7 Å². The van der Waals surface area contributed by atoms with E-state index in [1.54, 1.807) is 0 Å². The number of nitrogens with two attached hydrogens (primary N) is 1. The van der Waals surface area contributed by atoms with Crippen LogP contribution in [0, 0.1) is 5.92 Å². The van der Waals surface area contributed by atoms with Crippen LogP contribution in [0.25, 0.3) is 0 Å². The summed E-state index contributed by atoms with van der Waals surface area (Å²) in [6.07, 6.45) is 2.47. The smallest absolute Gasteiger partial charge is 0.328 e. The normalized spacial score (nSPS) is 26.4. The first-order valence-electron chi connectivity index (χ1n) is 5.34. The molecule has 92 valence electrons. The predicted octanol–water partition coefficient (Wildman–Crippen LogP) is -0.670. The second kappa shape index (κ2) is 5.81. The van der Waals surface area contributed by atoms with Crippen molar-refractivity contribution < 1.29 is 19.4 Å². The zero-order valence-corrected chi connectivity index (χ0v) is 9.31. The molecule has 0 aromatic heterocycles. The Balaban J connectivity index is 2.50. The van der Waals surface area contributed by atoms with Crippen LogP contribution in [-0.2, 0) is 14.3 Å². The minimum Gasteiger partial charge on any atom is -0.480 e. The van der Waals surface area contributed by atoms with Crippen LogP contribution in [0.4, 0.5) is 0 Å². The van der Waals surface area contributed by atoms with E-state index in [0.717, 1.165) is 19.3 Å². The van der Waals surface area contributed by atoms with Gasteiger partial charge in [-0.3, -0.25) is 4.79 Å². The van der Waals surface area contributed by atoms with E-state index in [4.69, 9.17) is 15.6 Å². The maximum Gasteiger partial charge on any atom is 0.328 e. The van der Waals surface area contributed by atoms with Gasteiger partial charge < -0.3 is 20.9 Å². The average Bonchev–Trinajstić information content (AvgIpc) is 2.63. The van der Waals surface area contributed by atoms with Crippen molar-refractivity contribution in [3.63, 3.8) is 0 Å². The summed E-state index contributed by atoms with van der Waals surface area (Å²) in [7, 11) is 1.39. The first-order chi connectivity index (χ1) is 7.56. The number of nitrogens with one attached hydrogen (secondary N) is 1. The fourth-order valence-corrected chi connectivity index (χ4v) is 1.93. The number of hydrogen-bond donors (Lipinski definition) is 3. The number of ether oxygens (including phenoxy) is 1. The number of rotatable bonds is 5. The topological polar surface area (TPSA) is 102 Å². The van der Waals surface area contributed by atoms with Crippen molar-refractivity contribution in [2.75, 3.05) is 13.7 Å². The third-order valence-electron chi connectivity index (χ3n) is 2.85. The molecule has 1 amide bonds. The van der Waals surface area contributed by atoms with Crippen LogP contribution >= 0.6 is 0 Å². The Morgan fingerprint density at radius 1 is 1.56 bits per heavy atom. The molecule has 0 spiro atoms. The molecule has 0 saturated heterocycles. The standard InChI is InChI=1S/C10H18N2O4/c1-16-5-8(10(14)15)12-9(13)6-3-2-4-7(6)11/h6-8H,2-5,11H2,1H3,(H,12,13)(H,14,15). The number of hydrogen-bond acceptors (Lipinski definition) is 4. The molecule has 1 rings (SSSR count). The molecule has 0 aromatic rings. The van der Waals surface area contributed by atoms with E-state index in [0.29, 0.717) is 0 Å². The lowest BCUT2D eigenvalue weighted by atomic mass is 10.0. The van der Waals surface area contributed by atoms with Crippen LogP contribution in [0.1, 0.15) is 19.3 Å². The summed E-state index contributed by atoms with van der Waals surface area (Å²) >= 11 is 0. The van der Waals surface area contributed by atoms with Gasteiger partial charge in [0.1, 0.15) is 0 Å². The summed E-state index contributed by atoms with van der Waals surface area (Å²) < 4.78 is 4.73. The molecule has 0 aromatic carbocycles. The van der Waals surface area contributed by atoms with Crippen molar-refractivity contribution in [3.8, 4) is 0 Å². The highest BCUT2D eigenvalue weighted by atomic mass is 16.5. The Morgan fingerprint density at radius 2 is 2.25 bits per heavy atom. The zero-order valence-electron chi connectivity index (χ0n) is 9.31. The number of carbonyl (C=O) groups excluding carboxylic acids is 1. The van der Waals surface area contributed by atoms with E-state index in [9.17, 15) is 9.59 Å². The summed E-state index contributed by atoms with van der Waals surface area (Å²) in [5.74, 6) is -1.64. The van der Waals surface area contributed by atoms with Crippen LogP contribution in [-0.4, -0.2) is 42.8 Å². The molecule has 6 heteroatoms. The molecule has 4 N–H and O–H groups in total. The lowest BCUT2D eigenvalue weighted by molar-refractivity contribution is -0.144. The lowest BCUT2D eigenvalue weighted by Crippen LogP contribution is -2.48. The van der Waals surface area contributed by atoms with E-state index in [-0.39, 0.29) is 24.5 Å². The number of carboxylic acids is 1. The Morgan fingerprint density at radius 3 is 2.69 bits per heavy atom. The van der Waals surface area contributed by atoms with Crippen LogP contribution in [0.5, 0.6) is 0 Å². The van der Waals surface area contributed by atoms with Crippen LogP contribution in [0.15, 0.2) is 0 Å².